The number of Topliss-reactive ketones (excluding diaryl/α,β-unsaturated/α-hetero) is 1. The number of H-pyrrole nitrogens is 1. The third-order valence-corrected chi connectivity index (χ3v) is 5.88. The van der Waals surface area contributed by atoms with Crippen molar-refractivity contribution in [2.45, 2.75) is 18.1 Å². The van der Waals surface area contributed by atoms with Crippen LogP contribution in [0.3, 0.4) is 0 Å². The molecule has 0 fully saturated rings. The molecule has 136 valence electrons. The van der Waals surface area contributed by atoms with Crippen LogP contribution in [-0.2, 0) is 9.53 Å². The number of carbonyl (C=O) groups excluding carboxylic acids is 2. The Labute approximate surface area is 163 Å². The Morgan fingerprint density at radius 2 is 2.07 bits per heavy atom. The van der Waals surface area contributed by atoms with Crippen molar-refractivity contribution in [3.05, 3.63) is 53.8 Å². The van der Waals surface area contributed by atoms with Gasteiger partial charge in [-0.15, -0.1) is 11.3 Å². The van der Waals surface area contributed by atoms with E-state index in [0.717, 1.165) is 26.1 Å². The zero-order valence-corrected chi connectivity index (χ0v) is 16.0. The van der Waals surface area contributed by atoms with Gasteiger partial charge in [0.05, 0.1) is 5.75 Å². The summed E-state index contributed by atoms with van der Waals surface area (Å²) in [5.74, 6) is -0.608. The van der Waals surface area contributed by atoms with Gasteiger partial charge < -0.3 is 9.72 Å². The molecule has 4 aromatic rings. The number of aromatic nitrogens is 3. The summed E-state index contributed by atoms with van der Waals surface area (Å²) >= 11 is 2.80. The monoisotopic (exact) mass is 397 g/mol. The fourth-order valence-electron chi connectivity index (χ4n) is 2.79. The first kappa shape index (κ1) is 17.7. The zero-order valence-electron chi connectivity index (χ0n) is 14.3. The summed E-state index contributed by atoms with van der Waals surface area (Å²) < 4.78 is 5.34. The average molecular weight is 397 g/mol. The highest BCUT2D eigenvalue weighted by molar-refractivity contribution is 8.00. The van der Waals surface area contributed by atoms with E-state index in [2.05, 4.69) is 15.0 Å². The summed E-state index contributed by atoms with van der Waals surface area (Å²) in [6.07, 6.45) is 2.28. The highest BCUT2D eigenvalue weighted by atomic mass is 32.2. The van der Waals surface area contributed by atoms with Crippen molar-refractivity contribution in [2.75, 3.05) is 5.75 Å². The molecule has 0 saturated heterocycles. The Kier molecular flexibility index (Phi) is 4.91. The third-order valence-electron chi connectivity index (χ3n) is 4.08. The largest absolute Gasteiger partial charge is 0.454 e. The van der Waals surface area contributed by atoms with Gasteiger partial charge in [0.2, 0.25) is 5.78 Å². The molecule has 0 aliphatic rings. The van der Waals surface area contributed by atoms with E-state index in [9.17, 15) is 9.59 Å². The summed E-state index contributed by atoms with van der Waals surface area (Å²) in [4.78, 5) is 37.2. The van der Waals surface area contributed by atoms with Crippen LogP contribution in [0.5, 0.6) is 0 Å². The quantitative estimate of drug-likeness (QED) is 0.228. The molecule has 4 rings (SSSR count). The lowest BCUT2D eigenvalue weighted by Crippen LogP contribution is -2.25. The van der Waals surface area contributed by atoms with Gasteiger partial charge in [-0.3, -0.25) is 9.59 Å². The van der Waals surface area contributed by atoms with Crippen LogP contribution in [0.15, 0.2) is 53.3 Å². The van der Waals surface area contributed by atoms with Crippen LogP contribution < -0.4 is 0 Å². The second kappa shape index (κ2) is 7.50. The Morgan fingerprint density at radius 3 is 2.96 bits per heavy atom. The van der Waals surface area contributed by atoms with Crippen LogP contribution in [0.4, 0.5) is 0 Å². The molecular weight excluding hydrogens is 382 g/mol. The number of thiophene rings is 1. The molecule has 0 radical (unpaired) electrons. The van der Waals surface area contributed by atoms with E-state index in [1.165, 1.54) is 29.4 Å². The number of nitrogens with zero attached hydrogens (tertiary/aromatic N) is 2. The maximum atomic E-state index is 12.6. The van der Waals surface area contributed by atoms with E-state index in [-0.39, 0.29) is 11.5 Å². The highest BCUT2D eigenvalue weighted by Crippen LogP contribution is 2.27. The maximum absolute atomic E-state index is 12.6. The van der Waals surface area contributed by atoms with Gasteiger partial charge in [0.1, 0.15) is 16.2 Å². The van der Waals surface area contributed by atoms with E-state index in [1.807, 2.05) is 35.7 Å². The highest BCUT2D eigenvalue weighted by Gasteiger charge is 2.22. The molecular formula is C19H15N3O3S2. The number of thioether (sulfide) groups is 1. The van der Waals surface area contributed by atoms with E-state index in [0.29, 0.717) is 5.56 Å². The van der Waals surface area contributed by atoms with Crippen molar-refractivity contribution in [3.8, 4) is 0 Å². The number of rotatable bonds is 6. The lowest BCUT2D eigenvalue weighted by Gasteiger charge is -2.11. The molecule has 0 amide bonds. The number of esters is 1. The predicted molar refractivity (Wildman–Crippen MR) is 106 cm³/mol. The summed E-state index contributed by atoms with van der Waals surface area (Å²) in [5.41, 5.74) is 1.40. The Morgan fingerprint density at radius 1 is 1.22 bits per heavy atom. The topological polar surface area (TPSA) is 84.9 Å². The van der Waals surface area contributed by atoms with Crippen LogP contribution in [0.1, 0.15) is 17.3 Å². The number of aromatic amines is 1. The third kappa shape index (κ3) is 3.58. The minimum Gasteiger partial charge on any atom is -0.454 e. The van der Waals surface area contributed by atoms with E-state index in [1.54, 1.807) is 13.1 Å². The molecule has 8 heteroatoms. The molecule has 6 nitrogen and oxygen atoms in total. The van der Waals surface area contributed by atoms with E-state index >= 15 is 0 Å². The molecule has 1 N–H and O–H groups in total. The molecule has 0 saturated carbocycles. The summed E-state index contributed by atoms with van der Waals surface area (Å²) in [6.45, 7) is 1.59. The van der Waals surface area contributed by atoms with Crippen molar-refractivity contribution in [3.63, 3.8) is 0 Å². The van der Waals surface area contributed by atoms with Gasteiger partial charge in [0, 0.05) is 28.0 Å². The Balaban J connectivity index is 1.40. The van der Waals surface area contributed by atoms with E-state index < -0.39 is 12.1 Å². The van der Waals surface area contributed by atoms with Crippen LogP contribution in [0.2, 0.25) is 0 Å². The SMILES string of the molecule is C[C@@H](OC(=O)CSc1ncnc2sccc12)C(=O)c1c[nH]c2ccccc12. The number of ketones is 1. The molecule has 0 unspecified atom stereocenters. The first-order valence-electron chi connectivity index (χ1n) is 8.24. The maximum Gasteiger partial charge on any atom is 0.317 e. The van der Waals surface area contributed by atoms with Gasteiger partial charge in [0.15, 0.2) is 6.10 Å². The minimum absolute atomic E-state index is 0.0768. The van der Waals surface area contributed by atoms with Gasteiger partial charge >= 0.3 is 5.97 Å². The average Bonchev–Trinajstić information content (AvgIpc) is 3.32. The van der Waals surface area contributed by atoms with Crippen LogP contribution in [0, 0.1) is 0 Å². The second-order valence-corrected chi connectivity index (χ2v) is 7.71. The number of fused-ring (bicyclic) bond motifs is 2. The number of carbonyl (C=O) groups is 2. The molecule has 1 atom stereocenters. The Hall–Kier alpha value is -2.71. The van der Waals surface area contributed by atoms with Crippen LogP contribution >= 0.6 is 23.1 Å². The van der Waals surface area contributed by atoms with Crippen molar-refractivity contribution in [1.29, 1.82) is 0 Å². The molecule has 27 heavy (non-hydrogen) atoms. The summed E-state index contributed by atoms with van der Waals surface area (Å²) in [7, 11) is 0. The van der Waals surface area contributed by atoms with Crippen molar-refractivity contribution >= 4 is 56.0 Å². The summed E-state index contributed by atoms with van der Waals surface area (Å²) in [5, 5.41) is 4.40. The first-order chi connectivity index (χ1) is 13.1. The van der Waals surface area contributed by atoms with Gasteiger partial charge in [-0.1, -0.05) is 30.0 Å². The lowest BCUT2D eigenvalue weighted by molar-refractivity contribution is -0.143. The molecule has 3 aromatic heterocycles. The van der Waals surface area contributed by atoms with Gasteiger partial charge in [-0.2, -0.15) is 0 Å². The molecule has 1 aromatic carbocycles. The predicted octanol–water partition coefficient (Wildman–Crippen LogP) is 4.08. The molecule has 3 heterocycles. The first-order valence-corrected chi connectivity index (χ1v) is 10.1. The van der Waals surface area contributed by atoms with E-state index in [4.69, 9.17) is 4.74 Å². The molecule has 0 bridgehead atoms. The number of ether oxygens (including phenoxy) is 1. The van der Waals surface area contributed by atoms with Crippen molar-refractivity contribution < 1.29 is 14.3 Å². The molecule has 0 aliphatic carbocycles. The number of para-hydroxylation sites is 1. The van der Waals surface area contributed by atoms with Crippen LogP contribution in [-0.4, -0.2) is 38.6 Å². The molecule has 0 spiro atoms. The fraction of sp³-hybridized carbons (Fsp3) is 0.158. The van der Waals surface area contributed by atoms with Gasteiger partial charge in [-0.25, -0.2) is 9.97 Å². The van der Waals surface area contributed by atoms with Gasteiger partial charge in [-0.05, 0) is 24.4 Å². The zero-order chi connectivity index (χ0) is 18.8. The fourth-order valence-corrected chi connectivity index (χ4v) is 4.35. The Bertz CT molecular complexity index is 1140. The number of hydrogen-bond donors (Lipinski definition) is 1. The van der Waals surface area contributed by atoms with Crippen LogP contribution in [0.25, 0.3) is 21.1 Å². The smallest absolute Gasteiger partial charge is 0.317 e. The number of hydrogen-bond acceptors (Lipinski definition) is 7. The lowest BCUT2D eigenvalue weighted by atomic mass is 10.1. The number of benzene rings is 1. The molecule has 0 aliphatic heterocycles. The standard InChI is InChI=1S/C19H15N3O3S2/c1-11(17(24)14-8-20-15-5-3-2-4-12(14)15)25-16(23)9-27-19-13-6-7-26-18(13)21-10-22-19/h2-8,10-11,20H,9H2,1H3/t11-/m1/s1. The van der Waals surface area contributed by atoms with Crippen molar-refractivity contribution in [2.24, 2.45) is 0 Å². The van der Waals surface area contributed by atoms with Crippen molar-refractivity contribution in [1.82, 2.24) is 15.0 Å². The summed E-state index contributed by atoms with van der Waals surface area (Å²) in [6, 6.07) is 9.45. The normalized spacial score (nSPS) is 12.3. The number of nitrogens with one attached hydrogen (secondary N) is 1. The van der Waals surface area contributed by atoms with Gasteiger partial charge in [0.25, 0.3) is 0 Å². The minimum atomic E-state index is -0.858. The second-order valence-electron chi connectivity index (χ2n) is 5.85.